The second kappa shape index (κ2) is 2.44. The number of hydrogen-bond acceptors (Lipinski definition) is 1. The zero-order chi connectivity index (χ0) is 8.55. The van der Waals surface area contributed by atoms with Crippen LogP contribution in [0, 0.1) is 11.9 Å². The van der Waals surface area contributed by atoms with Gasteiger partial charge in [0.1, 0.15) is 5.82 Å². The Hall–Kier alpha value is -1.64. The summed E-state index contributed by atoms with van der Waals surface area (Å²) >= 11 is 0. The summed E-state index contributed by atoms with van der Waals surface area (Å²) < 4.78 is 13.0. The van der Waals surface area contributed by atoms with Crippen molar-refractivity contribution in [2.75, 3.05) is 0 Å². The van der Waals surface area contributed by atoms with E-state index in [1.54, 1.807) is 24.3 Å². The van der Waals surface area contributed by atoms with Gasteiger partial charge in [-0.2, -0.15) is 0 Å². The topological polar surface area (TPSA) is 32.9 Å². The van der Waals surface area contributed by atoms with Crippen molar-refractivity contribution in [1.82, 2.24) is 4.98 Å². The van der Waals surface area contributed by atoms with Crippen molar-refractivity contribution >= 4 is 10.9 Å². The average Bonchev–Trinajstić information content (AvgIpc) is 2.04. The molecule has 0 aliphatic rings. The Morgan fingerprint density at radius 2 is 2.08 bits per heavy atom. The van der Waals surface area contributed by atoms with Crippen molar-refractivity contribution < 1.29 is 4.39 Å². The van der Waals surface area contributed by atoms with Crippen LogP contribution in [0.2, 0.25) is 0 Å². The molecule has 1 aromatic heterocycles. The monoisotopic (exact) mass is 162 g/mol. The van der Waals surface area contributed by atoms with Gasteiger partial charge in [0.25, 0.3) is 5.56 Å². The highest BCUT2D eigenvalue weighted by molar-refractivity contribution is 5.78. The first-order chi connectivity index (χ1) is 5.77. The third-order valence-corrected chi connectivity index (χ3v) is 1.64. The van der Waals surface area contributed by atoms with Crippen LogP contribution in [0.3, 0.4) is 0 Å². The SMILES string of the molecule is O=c1[c]c(F)c2ccccc2[nH]1. The number of pyridine rings is 1. The molecule has 0 unspecified atom stereocenters. The lowest BCUT2D eigenvalue weighted by molar-refractivity contribution is 0.634. The molecule has 0 bridgehead atoms. The molecular formula is C9H5FNO. The van der Waals surface area contributed by atoms with E-state index in [4.69, 9.17) is 0 Å². The van der Waals surface area contributed by atoms with Crippen molar-refractivity contribution in [1.29, 1.82) is 0 Å². The predicted molar refractivity (Wildman–Crippen MR) is 43.4 cm³/mol. The average molecular weight is 162 g/mol. The highest BCUT2D eigenvalue weighted by atomic mass is 19.1. The largest absolute Gasteiger partial charge is 0.321 e. The maximum Gasteiger partial charge on any atom is 0.259 e. The molecule has 0 saturated heterocycles. The van der Waals surface area contributed by atoms with Gasteiger partial charge in [0.2, 0.25) is 0 Å². The zero-order valence-electron chi connectivity index (χ0n) is 6.10. The van der Waals surface area contributed by atoms with Crippen LogP contribution in [0.15, 0.2) is 29.1 Å². The van der Waals surface area contributed by atoms with Gasteiger partial charge in [0.05, 0.1) is 11.6 Å². The summed E-state index contributed by atoms with van der Waals surface area (Å²) in [6, 6.07) is 8.72. The molecule has 0 aliphatic carbocycles. The molecule has 1 heterocycles. The highest BCUT2D eigenvalue weighted by Gasteiger charge is 2.00. The van der Waals surface area contributed by atoms with Crippen molar-refractivity contribution in [2.45, 2.75) is 0 Å². The van der Waals surface area contributed by atoms with E-state index in [1.807, 2.05) is 6.07 Å². The van der Waals surface area contributed by atoms with Crippen LogP contribution in [0.4, 0.5) is 4.39 Å². The number of fused-ring (bicyclic) bond motifs is 1. The van der Waals surface area contributed by atoms with E-state index in [1.165, 1.54) is 0 Å². The lowest BCUT2D eigenvalue weighted by Crippen LogP contribution is -2.05. The molecule has 2 nitrogen and oxygen atoms in total. The summed E-state index contributed by atoms with van der Waals surface area (Å²) in [4.78, 5) is 13.2. The fraction of sp³-hybridized carbons (Fsp3) is 0. The molecule has 0 aliphatic heterocycles. The molecule has 1 N–H and O–H groups in total. The van der Waals surface area contributed by atoms with E-state index in [-0.39, 0.29) is 0 Å². The van der Waals surface area contributed by atoms with Crippen LogP contribution in [0.25, 0.3) is 10.9 Å². The third-order valence-electron chi connectivity index (χ3n) is 1.64. The van der Waals surface area contributed by atoms with E-state index in [2.05, 4.69) is 4.98 Å². The van der Waals surface area contributed by atoms with Crippen LogP contribution in [-0.2, 0) is 0 Å². The van der Waals surface area contributed by atoms with E-state index in [0.29, 0.717) is 10.9 Å². The van der Waals surface area contributed by atoms with Gasteiger partial charge in [0.15, 0.2) is 0 Å². The standard InChI is InChI=1S/C9H5FNO/c10-7-5-9(12)11-8-4-2-1-3-6(7)8/h1-4H,(H,11,12). The molecule has 1 aromatic carbocycles. The lowest BCUT2D eigenvalue weighted by Gasteiger charge is -1.95. The van der Waals surface area contributed by atoms with Gasteiger partial charge in [-0.05, 0) is 12.1 Å². The van der Waals surface area contributed by atoms with E-state index >= 15 is 0 Å². The van der Waals surface area contributed by atoms with Gasteiger partial charge < -0.3 is 4.98 Å². The Morgan fingerprint density at radius 1 is 1.33 bits per heavy atom. The maximum absolute atomic E-state index is 13.0. The molecule has 2 aromatic rings. The van der Waals surface area contributed by atoms with Crippen LogP contribution in [0.1, 0.15) is 0 Å². The molecule has 0 spiro atoms. The van der Waals surface area contributed by atoms with Gasteiger partial charge in [0, 0.05) is 5.39 Å². The Labute approximate surface area is 67.7 Å². The van der Waals surface area contributed by atoms with Gasteiger partial charge in [-0.15, -0.1) is 0 Å². The number of H-pyrrole nitrogens is 1. The number of nitrogens with one attached hydrogen (secondary N) is 1. The number of benzene rings is 1. The van der Waals surface area contributed by atoms with E-state index in [9.17, 15) is 9.18 Å². The Morgan fingerprint density at radius 3 is 2.92 bits per heavy atom. The first-order valence-electron chi connectivity index (χ1n) is 3.47. The Bertz CT molecular complexity index is 475. The number of rotatable bonds is 0. The predicted octanol–water partition coefficient (Wildman–Crippen LogP) is 1.47. The first kappa shape index (κ1) is 7.03. The molecule has 1 radical (unpaired) electrons. The van der Waals surface area contributed by atoms with E-state index < -0.39 is 11.4 Å². The number of hydrogen-bond donors (Lipinski definition) is 1. The molecule has 2 rings (SSSR count). The van der Waals surface area contributed by atoms with Gasteiger partial charge in [-0.3, -0.25) is 4.79 Å². The maximum atomic E-state index is 13.0. The summed E-state index contributed by atoms with van der Waals surface area (Å²) in [5, 5.41) is 0.386. The normalized spacial score (nSPS) is 10.4. The molecule has 59 valence electrons. The zero-order valence-corrected chi connectivity index (χ0v) is 6.10. The summed E-state index contributed by atoms with van der Waals surface area (Å²) in [5.74, 6) is -0.602. The fourth-order valence-electron chi connectivity index (χ4n) is 1.10. The second-order valence-electron chi connectivity index (χ2n) is 2.44. The van der Waals surface area contributed by atoms with Crippen LogP contribution in [-0.4, -0.2) is 4.98 Å². The minimum absolute atomic E-state index is 0.386. The molecule has 0 fully saturated rings. The van der Waals surface area contributed by atoms with Crippen molar-refractivity contribution in [3.05, 3.63) is 46.5 Å². The summed E-state index contributed by atoms with van der Waals surface area (Å²) in [7, 11) is 0. The van der Waals surface area contributed by atoms with Gasteiger partial charge in [-0.25, -0.2) is 4.39 Å². The third kappa shape index (κ3) is 0.993. The molecule has 0 saturated carbocycles. The van der Waals surface area contributed by atoms with Crippen LogP contribution >= 0.6 is 0 Å². The van der Waals surface area contributed by atoms with Crippen LogP contribution in [0.5, 0.6) is 0 Å². The Balaban J connectivity index is 2.99. The molecule has 3 heteroatoms. The Kier molecular flexibility index (Phi) is 1.43. The van der Waals surface area contributed by atoms with E-state index in [0.717, 1.165) is 0 Å². The number of aromatic amines is 1. The van der Waals surface area contributed by atoms with Crippen molar-refractivity contribution in [2.24, 2.45) is 0 Å². The van der Waals surface area contributed by atoms with Gasteiger partial charge >= 0.3 is 0 Å². The first-order valence-corrected chi connectivity index (χ1v) is 3.47. The van der Waals surface area contributed by atoms with Gasteiger partial charge in [-0.1, -0.05) is 12.1 Å². The summed E-state index contributed by atoms with van der Waals surface area (Å²) in [5.41, 5.74) is -0.0371. The smallest absolute Gasteiger partial charge is 0.259 e. The van der Waals surface area contributed by atoms with Crippen molar-refractivity contribution in [3.63, 3.8) is 0 Å². The van der Waals surface area contributed by atoms with Crippen molar-refractivity contribution in [3.8, 4) is 0 Å². The number of halogens is 1. The fourth-order valence-corrected chi connectivity index (χ4v) is 1.10. The minimum Gasteiger partial charge on any atom is -0.321 e. The lowest BCUT2D eigenvalue weighted by atomic mass is 10.2. The highest BCUT2D eigenvalue weighted by Crippen LogP contribution is 2.11. The minimum atomic E-state index is -0.602. The quantitative estimate of drug-likeness (QED) is 0.625. The van der Waals surface area contributed by atoms with Crippen LogP contribution < -0.4 is 5.56 Å². The molecule has 0 amide bonds. The molecule has 0 atom stereocenters. The molecule has 12 heavy (non-hydrogen) atoms. The summed E-state index contributed by atoms with van der Waals surface area (Å²) in [6.45, 7) is 0. The second-order valence-corrected chi connectivity index (χ2v) is 2.44. The number of aromatic nitrogens is 1. The molecular weight excluding hydrogens is 157 g/mol. The number of para-hydroxylation sites is 1. The summed E-state index contributed by atoms with van der Waals surface area (Å²) in [6.07, 6.45) is 0.